The molecule has 0 aliphatic carbocycles. The largest absolute Gasteiger partial charge is 0.494 e. The van der Waals surface area contributed by atoms with Crippen LogP contribution in [0.15, 0.2) is 30.9 Å². The molecule has 0 spiro atoms. The summed E-state index contributed by atoms with van der Waals surface area (Å²) in [5.74, 6) is -1.89. The summed E-state index contributed by atoms with van der Waals surface area (Å²) < 4.78 is 23.1. The Labute approximate surface area is 116 Å². The van der Waals surface area contributed by atoms with E-state index < -0.39 is 23.8 Å². The lowest BCUT2D eigenvalue weighted by atomic mass is 10.2. The molecule has 0 aromatic heterocycles. The van der Waals surface area contributed by atoms with Crippen molar-refractivity contribution in [1.29, 1.82) is 0 Å². The van der Waals surface area contributed by atoms with Gasteiger partial charge in [0.2, 0.25) is 0 Å². The number of halogens is 1. The van der Waals surface area contributed by atoms with Crippen LogP contribution in [0.3, 0.4) is 0 Å². The average molecular weight is 281 g/mol. The minimum Gasteiger partial charge on any atom is -0.494 e. The zero-order valence-corrected chi connectivity index (χ0v) is 11.3. The summed E-state index contributed by atoms with van der Waals surface area (Å²) in [5.41, 5.74) is 0.00618. The molecule has 0 aliphatic heterocycles. The van der Waals surface area contributed by atoms with Gasteiger partial charge in [0, 0.05) is 6.54 Å². The monoisotopic (exact) mass is 281 g/mol. The molecule has 5 nitrogen and oxygen atoms in total. The van der Waals surface area contributed by atoms with Gasteiger partial charge in [0.25, 0.3) is 5.91 Å². The van der Waals surface area contributed by atoms with Crippen molar-refractivity contribution in [3.8, 4) is 5.75 Å². The molecule has 1 N–H and O–H groups in total. The third-order valence-electron chi connectivity index (χ3n) is 2.46. The smallest absolute Gasteiger partial charge is 0.339 e. The van der Waals surface area contributed by atoms with Crippen molar-refractivity contribution in [3.63, 3.8) is 0 Å². The van der Waals surface area contributed by atoms with Crippen LogP contribution in [-0.4, -0.2) is 31.6 Å². The quantitative estimate of drug-likeness (QED) is 0.636. The van der Waals surface area contributed by atoms with Crippen LogP contribution in [0.25, 0.3) is 0 Å². The number of carbonyl (C=O) groups is 2. The van der Waals surface area contributed by atoms with E-state index in [1.165, 1.54) is 32.2 Å². The summed E-state index contributed by atoms with van der Waals surface area (Å²) in [5, 5.41) is 2.49. The summed E-state index contributed by atoms with van der Waals surface area (Å²) in [6, 6.07) is 3.67. The Morgan fingerprint density at radius 1 is 1.50 bits per heavy atom. The van der Waals surface area contributed by atoms with Crippen molar-refractivity contribution >= 4 is 11.9 Å². The number of hydrogen-bond donors (Lipinski definition) is 1. The van der Waals surface area contributed by atoms with E-state index in [1.54, 1.807) is 0 Å². The molecule has 0 fully saturated rings. The molecule has 1 aromatic carbocycles. The number of esters is 1. The van der Waals surface area contributed by atoms with Crippen LogP contribution in [-0.2, 0) is 9.53 Å². The number of rotatable bonds is 6. The number of benzene rings is 1. The van der Waals surface area contributed by atoms with Crippen molar-refractivity contribution in [2.45, 2.75) is 13.0 Å². The van der Waals surface area contributed by atoms with Crippen molar-refractivity contribution in [1.82, 2.24) is 5.32 Å². The Kier molecular flexibility index (Phi) is 5.71. The van der Waals surface area contributed by atoms with Gasteiger partial charge >= 0.3 is 5.97 Å². The van der Waals surface area contributed by atoms with Crippen LogP contribution in [0.4, 0.5) is 4.39 Å². The van der Waals surface area contributed by atoms with Crippen molar-refractivity contribution in [2.75, 3.05) is 13.7 Å². The summed E-state index contributed by atoms with van der Waals surface area (Å²) in [7, 11) is 1.32. The van der Waals surface area contributed by atoms with Crippen LogP contribution >= 0.6 is 0 Å². The third kappa shape index (κ3) is 4.08. The van der Waals surface area contributed by atoms with Crippen LogP contribution in [0.5, 0.6) is 5.75 Å². The minimum atomic E-state index is -0.979. The maximum absolute atomic E-state index is 13.5. The van der Waals surface area contributed by atoms with Gasteiger partial charge < -0.3 is 14.8 Å². The zero-order chi connectivity index (χ0) is 15.1. The molecule has 108 valence electrons. The summed E-state index contributed by atoms with van der Waals surface area (Å²) in [6.07, 6.45) is 0.526. The highest BCUT2D eigenvalue weighted by atomic mass is 19.1. The maximum Gasteiger partial charge on any atom is 0.339 e. The summed E-state index contributed by atoms with van der Waals surface area (Å²) >= 11 is 0. The second-order valence-electron chi connectivity index (χ2n) is 3.93. The highest BCUT2D eigenvalue weighted by molar-refractivity contribution is 5.92. The Balaban J connectivity index is 2.68. The number of nitrogens with one attached hydrogen (secondary N) is 1. The van der Waals surface area contributed by atoms with E-state index in [0.29, 0.717) is 0 Å². The SMILES string of the molecule is C=CCNC(=O)C(C)OC(=O)c1ccc(OC)c(F)c1. The van der Waals surface area contributed by atoms with Gasteiger partial charge in [-0.05, 0) is 25.1 Å². The van der Waals surface area contributed by atoms with Gasteiger partial charge in [-0.3, -0.25) is 4.79 Å². The molecule has 0 saturated heterocycles. The van der Waals surface area contributed by atoms with Crippen LogP contribution in [0.2, 0.25) is 0 Å². The van der Waals surface area contributed by atoms with E-state index in [-0.39, 0.29) is 17.9 Å². The lowest BCUT2D eigenvalue weighted by Crippen LogP contribution is -2.35. The average Bonchev–Trinajstić information content (AvgIpc) is 2.44. The van der Waals surface area contributed by atoms with Crippen LogP contribution < -0.4 is 10.1 Å². The molecule has 6 heteroatoms. The fraction of sp³-hybridized carbons (Fsp3) is 0.286. The minimum absolute atomic E-state index is 0.00618. The molecule has 0 saturated carbocycles. The molecular formula is C14H16FNO4. The first kappa shape index (κ1) is 15.7. The molecule has 0 heterocycles. The van der Waals surface area contributed by atoms with Crippen molar-refractivity contribution < 1.29 is 23.5 Å². The molecular weight excluding hydrogens is 265 g/mol. The lowest BCUT2D eigenvalue weighted by Gasteiger charge is -2.13. The molecule has 1 aromatic rings. The Hall–Kier alpha value is -2.37. The van der Waals surface area contributed by atoms with E-state index in [9.17, 15) is 14.0 Å². The molecule has 0 radical (unpaired) electrons. The first-order chi connectivity index (χ1) is 9.49. The standard InChI is InChI=1S/C14H16FNO4/c1-4-7-16-13(17)9(2)20-14(18)10-5-6-12(19-3)11(15)8-10/h4-6,8-9H,1,7H2,2-3H3,(H,16,17). The van der Waals surface area contributed by atoms with Gasteiger partial charge in [-0.1, -0.05) is 6.08 Å². The maximum atomic E-state index is 13.5. The second kappa shape index (κ2) is 7.28. The highest BCUT2D eigenvalue weighted by Gasteiger charge is 2.19. The highest BCUT2D eigenvalue weighted by Crippen LogP contribution is 2.18. The number of carbonyl (C=O) groups excluding carboxylic acids is 2. The summed E-state index contributed by atoms with van der Waals surface area (Å²) in [4.78, 5) is 23.3. The van der Waals surface area contributed by atoms with Gasteiger partial charge in [-0.2, -0.15) is 0 Å². The Bertz CT molecular complexity index is 516. The molecule has 20 heavy (non-hydrogen) atoms. The zero-order valence-electron chi connectivity index (χ0n) is 11.3. The van der Waals surface area contributed by atoms with E-state index >= 15 is 0 Å². The normalized spacial score (nSPS) is 11.3. The lowest BCUT2D eigenvalue weighted by molar-refractivity contribution is -0.128. The van der Waals surface area contributed by atoms with E-state index in [0.717, 1.165) is 6.07 Å². The molecule has 1 atom stereocenters. The topological polar surface area (TPSA) is 64.6 Å². The summed E-state index contributed by atoms with van der Waals surface area (Å²) in [6.45, 7) is 5.15. The molecule has 1 amide bonds. The van der Waals surface area contributed by atoms with Gasteiger partial charge in [-0.25, -0.2) is 9.18 Å². The van der Waals surface area contributed by atoms with Crippen molar-refractivity contribution in [3.05, 3.63) is 42.2 Å². The molecule has 1 rings (SSSR count). The van der Waals surface area contributed by atoms with Crippen LogP contribution in [0.1, 0.15) is 17.3 Å². The number of amides is 1. The predicted octanol–water partition coefficient (Wildman–Crippen LogP) is 1.68. The molecule has 0 aliphatic rings. The van der Waals surface area contributed by atoms with Crippen molar-refractivity contribution in [2.24, 2.45) is 0 Å². The Morgan fingerprint density at radius 3 is 2.75 bits per heavy atom. The molecule has 1 unspecified atom stereocenters. The molecule has 0 bridgehead atoms. The number of ether oxygens (including phenoxy) is 2. The predicted molar refractivity (Wildman–Crippen MR) is 71.0 cm³/mol. The van der Waals surface area contributed by atoms with Gasteiger partial charge in [0.15, 0.2) is 17.7 Å². The van der Waals surface area contributed by atoms with Gasteiger partial charge in [-0.15, -0.1) is 6.58 Å². The Morgan fingerprint density at radius 2 is 2.20 bits per heavy atom. The van der Waals surface area contributed by atoms with E-state index in [4.69, 9.17) is 9.47 Å². The van der Waals surface area contributed by atoms with E-state index in [1.807, 2.05) is 0 Å². The number of hydrogen-bond acceptors (Lipinski definition) is 4. The van der Waals surface area contributed by atoms with Crippen LogP contribution in [0, 0.1) is 5.82 Å². The fourth-order valence-corrected chi connectivity index (χ4v) is 1.39. The first-order valence-corrected chi connectivity index (χ1v) is 5.92. The van der Waals surface area contributed by atoms with Gasteiger partial charge in [0.05, 0.1) is 12.7 Å². The number of methoxy groups -OCH3 is 1. The first-order valence-electron chi connectivity index (χ1n) is 5.92. The van der Waals surface area contributed by atoms with Gasteiger partial charge in [0.1, 0.15) is 0 Å². The third-order valence-corrected chi connectivity index (χ3v) is 2.46. The fourth-order valence-electron chi connectivity index (χ4n) is 1.39. The van der Waals surface area contributed by atoms with E-state index in [2.05, 4.69) is 11.9 Å². The second-order valence-corrected chi connectivity index (χ2v) is 3.93.